The highest BCUT2D eigenvalue weighted by molar-refractivity contribution is 7.09. The first kappa shape index (κ1) is 16.7. The number of hydrogen-bond acceptors (Lipinski definition) is 4. The van der Waals surface area contributed by atoms with Gasteiger partial charge in [-0.1, -0.05) is 26.3 Å². The molecular weight excluding hydrogens is 276 g/mol. The van der Waals surface area contributed by atoms with Gasteiger partial charge in [0.05, 0.1) is 13.1 Å². The summed E-state index contributed by atoms with van der Waals surface area (Å²) in [6.45, 7) is 4.40. The average molecular weight is 298 g/mol. The van der Waals surface area contributed by atoms with E-state index in [2.05, 4.69) is 5.32 Å². The first-order valence-corrected chi connectivity index (χ1v) is 7.56. The standard InChI is InChI=1S/C14H22N2O3S/c1-4-10(2)13(14(18)19)15-8-12(17)16(3)9-11-6-5-7-20-11/h5-7,10,13,15H,4,8-9H2,1-3H3,(H,18,19)/t10-,13-/m0/s1. The Morgan fingerprint density at radius 3 is 2.70 bits per heavy atom. The monoisotopic (exact) mass is 298 g/mol. The van der Waals surface area contributed by atoms with Gasteiger partial charge >= 0.3 is 5.97 Å². The number of carbonyl (C=O) groups is 2. The molecule has 0 radical (unpaired) electrons. The molecule has 20 heavy (non-hydrogen) atoms. The molecule has 1 rings (SSSR count). The van der Waals surface area contributed by atoms with Gasteiger partial charge in [0.15, 0.2) is 0 Å². The molecule has 112 valence electrons. The summed E-state index contributed by atoms with van der Waals surface area (Å²) in [6.07, 6.45) is 0.753. The van der Waals surface area contributed by atoms with Crippen LogP contribution in [0.2, 0.25) is 0 Å². The van der Waals surface area contributed by atoms with E-state index < -0.39 is 12.0 Å². The smallest absolute Gasteiger partial charge is 0.320 e. The molecule has 0 aliphatic heterocycles. The summed E-state index contributed by atoms with van der Waals surface area (Å²) >= 11 is 1.60. The van der Waals surface area contributed by atoms with Crippen molar-refractivity contribution in [1.82, 2.24) is 10.2 Å². The lowest BCUT2D eigenvalue weighted by molar-refractivity contribution is -0.141. The number of aliphatic carboxylic acids is 1. The van der Waals surface area contributed by atoms with Gasteiger partial charge in [-0.2, -0.15) is 0 Å². The Kier molecular flexibility index (Phi) is 6.67. The van der Waals surface area contributed by atoms with Gasteiger partial charge in [0.1, 0.15) is 6.04 Å². The van der Waals surface area contributed by atoms with Gasteiger partial charge in [-0.05, 0) is 17.4 Å². The Labute approximate surface area is 123 Å². The van der Waals surface area contributed by atoms with Crippen LogP contribution in [0.15, 0.2) is 17.5 Å². The molecule has 0 aliphatic carbocycles. The lowest BCUT2D eigenvalue weighted by Gasteiger charge is -2.22. The highest BCUT2D eigenvalue weighted by Gasteiger charge is 2.24. The van der Waals surface area contributed by atoms with E-state index in [9.17, 15) is 9.59 Å². The molecule has 6 heteroatoms. The van der Waals surface area contributed by atoms with Crippen LogP contribution in [0, 0.1) is 5.92 Å². The second-order valence-electron chi connectivity index (χ2n) is 4.91. The molecule has 5 nitrogen and oxygen atoms in total. The fourth-order valence-electron chi connectivity index (χ4n) is 1.82. The fraction of sp³-hybridized carbons (Fsp3) is 0.571. The summed E-state index contributed by atoms with van der Waals surface area (Å²) < 4.78 is 0. The van der Waals surface area contributed by atoms with E-state index in [1.54, 1.807) is 23.3 Å². The average Bonchev–Trinajstić information content (AvgIpc) is 2.90. The number of thiophene rings is 1. The minimum atomic E-state index is -0.909. The van der Waals surface area contributed by atoms with E-state index >= 15 is 0 Å². The Bertz CT molecular complexity index is 434. The topological polar surface area (TPSA) is 69.6 Å². The lowest BCUT2D eigenvalue weighted by Crippen LogP contribution is -2.46. The number of carboxylic acids is 1. The molecule has 1 amide bonds. The van der Waals surface area contributed by atoms with Crippen molar-refractivity contribution in [3.63, 3.8) is 0 Å². The molecule has 1 aromatic rings. The van der Waals surface area contributed by atoms with E-state index in [0.29, 0.717) is 6.54 Å². The molecule has 0 aliphatic rings. The second-order valence-corrected chi connectivity index (χ2v) is 5.94. The van der Waals surface area contributed by atoms with Crippen LogP contribution in [0.25, 0.3) is 0 Å². The summed E-state index contributed by atoms with van der Waals surface area (Å²) in [5.41, 5.74) is 0. The summed E-state index contributed by atoms with van der Waals surface area (Å²) in [6, 6.07) is 3.24. The van der Waals surface area contributed by atoms with Crippen molar-refractivity contribution in [2.24, 2.45) is 5.92 Å². The number of carbonyl (C=O) groups excluding carboxylic acids is 1. The normalized spacial score (nSPS) is 13.8. The minimum Gasteiger partial charge on any atom is -0.480 e. The van der Waals surface area contributed by atoms with Crippen molar-refractivity contribution in [3.8, 4) is 0 Å². The molecule has 0 aromatic carbocycles. The zero-order valence-electron chi connectivity index (χ0n) is 12.1. The number of nitrogens with zero attached hydrogens (tertiary/aromatic N) is 1. The summed E-state index contributed by atoms with van der Waals surface area (Å²) in [5, 5.41) is 14.0. The molecule has 0 unspecified atom stereocenters. The molecule has 1 heterocycles. The van der Waals surface area contributed by atoms with Crippen molar-refractivity contribution >= 4 is 23.2 Å². The number of likely N-dealkylation sites (N-methyl/N-ethyl adjacent to an activating group) is 1. The summed E-state index contributed by atoms with van der Waals surface area (Å²) in [4.78, 5) is 25.8. The van der Waals surface area contributed by atoms with Gasteiger partial charge in [0.2, 0.25) is 5.91 Å². The van der Waals surface area contributed by atoms with E-state index in [0.717, 1.165) is 11.3 Å². The molecule has 0 saturated heterocycles. The third-order valence-electron chi connectivity index (χ3n) is 3.35. The fourth-order valence-corrected chi connectivity index (χ4v) is 2.58. The van der Waals surface area contributed by atoms with Crippen molar-refractivity contribution in [1.29, 1.82) is 0 Å². The minimum absolute atomic E-state index is 0.0112. The molecule has 1 aromatic heterocycles. The maximum absolute atomic E-state index is 12.0. The Morgan fingerprint density at radius 2 is 2.20 bits per heavy atom. The van der Waals surface area contributed by atoms with Gasteiger partial charge < -0.3 is 10.0 Å². The number of nitrogens with one attached hydrogen (secondary N) is 1. The first-order chi connectivity index (χ1) is 9.45. The van der Waals surface area contributed by atoms with Crippen LogP contribution in [0.4, 0.5) is 0 Å². The number of amides is 1. The molecular formula is C14H22N2O3S. The summed E-state index contributed by atoms with van der Waals surface area (Å²) in [7, 11) is 1.72. The maximum Gasteiger partial charge on any atom is 0.320 e. The largest absolute Gasteiger partial charge is 0.480 e. The van der Waals surface area contributed by atoms with Crippen LogP contribution in [-0.2, 0) is 16.1 Å². The third-order valence-corrected chi connectivity index (χ3v) is 4.21. The van der Waals surface area contributed by atoms with Crippen LogP contribution in [0.3, 0.4) is 0 Å². The molecule has 0 saturated carbocycles. The van der Waals surface area contributed by atoms with Crippen LogP contribution >= 0.6 is 11.3 Å². The van der Waals surface area contributed by atoms with Gasteiger partial charge in [-0.25, -0.2) is 0 Å². The van der Waals surface area contributed by atoms with Crippen LogP contribution in [-0.4, -0.2) is 41.5 Å². The second kappa shape index (κ2) is 8.01. The van der Waals surface area contributed by atoms with Gasteiger partial charge in [-0.15, -0.1) is 11.3 Å². The van der Waals surface area contributed by atoms with Crippen molar-refractivity contribution in [2.75, 3.05) is 13.6 Å². The first-order valence-electron chi connectivity index (χ1n) is 6.68. The van der Waals surface area contributed by atoms with Gasteiger partial charge in [-0.3, -0.25) is 14.9 Å². The highest BCUT2D eigenvalue weighted by Crippen LogP contribution is 2.11. The molecule has 2 atom stereocenters. The van der Waals surface area contributed by atoms with E-state index in [1.165, 1.54) is 0 Å². The Morgan fingerprint density at radius 1 is 1.50 bits per heavy atom. The molecule has 0 bridgehead atoms. The molecule has 2 N–H and O–H groups in total. The number of rotatable bonds is 8. The van der Waals surface area contributed by atoms with Gasteiger partial charge in [0, 0.05) is 11.9 Å². The predicted octanol–water partition coefficient (Wildman–Crippen LogP) is 1.80. The van der Waals surface area contributed by atoms with Gasteiger partial charge in [0.25, 0.3) is 0 Å². The highest BCUT2D eigenvalue weighted by atomic mass is 32.1. The van der Waals surface area contributed by atoms with E-state index in [-0.39, 0.29) is 18.4 Å². The number of hydrogen-bond donors (Lipinski definition) is 2. The Hall–Kier alpha value is -1.40. The predicted molar refractivity (Wildman–Crippen MR) is 79.7 cm³/mol. The van der Waals surface area contributed by atoms with Crippen LogP contribution in [0.1, 0.15) is 25.1 Å². The Balaban J connectivity index is 2.46. The van der Waals surface area contributed by atoms with E-state index in [4.69, 9.17) is 5.11 Å². The lowest BCUT2D eigenvalue weighted by atomic mass is 9.99. The van der Waals surface area contributed by atoms with Crippen molar-refractivity contribution in [3.05, 3.63) is 22.4 Å². The van der Waals surface area contributed by atoms with Crippen LogP contribution < -0.4 is 5.32 Å². The third kappa shape index (κ3) is 4.94. The maximum atomic E-state index is 12.0. The van der Waals surface area contributed by atoms with Crippen molar-refractivity contribution < 1.29 is 14.7 Å². The number of carboxylic acid groups (broad SMARTS) is 1. The van der Waals surface area contributed by atoms with E-state index in [1.807, 2.05) is 31.4 Å². The summed E-state index contributed by atoms with van der Waals surface area (Å²) in [5.74, 6) is -1.02. The molecule has 0 fully saturated rings. The van der Waals surface area contributed by atoms with Crippen LogP contribution in [0.5, 0.6) is 0 Å². The quantitative estimate of drug-likeness (QED) is 0.768. The SMILES string of the molecule is CC[C@H](C)[C@H](NCC(=O)N(C)Cc1cccs1)C(=O)O. The van der Waals surface area contributed by atoms with Crippen molar-refractivity contribution in [2.45, 2.75) is 32.9 Å². The molecule has 0 spiro atoms. The zero-order chi connectivity index (χ0) is 15.1. The zero-order valence-corrected chi connectivity index (χ0v) is 12.9.